The fourth-order valence-corrected chi connectivity index (χ4v) is 3.01. The summed E-state index contributed by atoms with van der Waals surface area (Å²) in [6, 6.07) is 7.80. The first-order chi connectivity index (χ1) is 11.1. The molecular formula is C17H24ClN3O2. The maximum Gasteiger partial charge on any atom is 0.309 e. The molecule has 1 aliphatic rings. The molecule has 0 radical (unpaired) electrons. The molecule has 1 aromatic carbocycles. The highest BCUT2D eigenvalue weighted by atomic mass is 35.5. The fraction of sp³-hybridized carbons (Fsp3) is 0.529. The van der Waals surface area contributed by atoms with Gasteiger partial charge < -0.3 is 10.6 Å². The van der Waals surface area contributed by atoms with Gasteiger partial charge in [-0.1, -0.05) is 30.7 Å². The van der Waals surface area contributed by atoms with Crippen LogP contribution in [0.4, 0.5) is 0 Å². The van der Waals surface area contributed by atoms with E-state index in [4.69, 9.17) is 11.6 Å². The molecule has 0 bridgehead atoms. The van der Waals surface area contributed by atoms with Gasteiger partial charge in [0.25, 0.3) is 0 Å². The van der Waals surface area contributed by atoms with Gasteiger partial charge in [0, 0.05) is 24.2 Å². The maximum atomic E-state index is 11.8. The van der Waals surface area contributed by atoms with Crippen LogP contribution in [-0.4, -0.2) is 48.9 Å². The summed E-state index contributed by atoms with van der Waals surface area (Å²) in [6.45, 7) is 5.14. The first kappa shape index (κ1) is 17.8. The number of nitrogens with zero attached hydrogens (tertiary/aromatic N) is 1. The molecule has 1 aromatic rings. The number of benzene rings is 1. The van der Waals surface area contributed by atoms with Crippen molar-refractivity contribution in [3.8, 4) is 0 Å². The normalized spacial score (nSPS) is 17.9. The van der Waals surface area contributed by atoms with Crippen LogP contribution in [0, 0.1) is 0 Å². The SMILES string of the molecule is CCN1CCC[C@H]1CNC(=O)C(=O)NCCc1ccc(Cl)cc1. The molecule has 1 heterocycles. The number of nitrogens with one attached hydrogen (secondary N) is 2. The van der Waals surface area contributed by atoms with E-state index in [0.29, 0.717) is 30.6 Å². The molecule has 1 atom stereocenters. The van der Waals surface area contributed by atoms with Crippen LogP contribution in [0.5, 0.6) is 0 Å². The van der Waals surface area contributed by atoms with E-state index in [1.807, 2.05) is 24.3 Å². The molecule has 0 unspecified atom stereocenters. The monoisotopic (exact) mass is 337 g/mol. The zero-order valence-electron chi connectivity index (χ0n) is 13.5. The first-order valence-corrected chi connectivity index (χ1v) is 8.52. The van der Waals surface area contributed by atoms with Gasteiger partial charge in [-0.25, -0.2) is 0 Å². The molecule has 1 saturated heterocycles. The van der Waals surface area contributed by atoms with Crippen LogP contribution in [-0.2, 0) is 16.0 Å². The van der Waals surface area contributed by atoms with Crippen LogP contribution in [0.2, 0.25) is 5.02 Å². The van der Waals surface area contributed by atoms with Crippen molar-refractivity contribution in [1.82, 2.24) is 15.5 Å². The van der Waals surface area contributed by atoms with Crippen molar-refractivity contribution in [3.63, 3.8) is 0 Å². The van der Waals surface area contributed by atoms with Crippen molar-refractivity contribution < 1.29 is 9.59 Å². The molecule has 0 aliphatic carbocycles. The Hall–Kier alpha value is -1.59. The van der Waals surface area contributed by atoms with E-state index in [2.05, 4.69) is 22.5 Å². The second-order valence-corrected chi connectivity index (χ2v) is 6.20. The van der Waals surface area contributed by atoms with E-state index in [9.17, 15) is 9.59 Å². The number of likely N-dealkylation sites (N-methyl/N-ethyl adjacent to an activating group) is 1. The number of hydrogen-bond acceptors (Lipinski definition) is 3. The van der Waals surface area contributed by atoms with E-state index < -0.39 is 11.8 Å². The number of rotatable bonds is 6. The zero-order valence-corrected chi connectivity index (χ0v) is 14.2. The quantitative estimate of drug-likeness (QED) is 0.775. The highest BCUT2D eigenvalue weighted by molar-refractivity contribution is 6.35. The van der Waals surface area contributed by atoms with E-state index in [1.165, 1.54) is 0 Å². The Kier molecular flexibility index (Phi) is 6.86. The number of hydrogen-bond donors (Lipinski definition) is 2. The van der Waals surface area contributed by atoms with Crippen LogP contribution in [0.15, 0.2) is 24.3 Å². The van der Waals surface area contributed by atoms with Gasteiger partial charge in [0.15, 0.2) is 0 Å². The minimum atomic E-state index is -0.569. The number of amides is 2. The van der Waals surface area contributed by atoms with Crippen LogP contribution in [0.3, 0.4) is 0 Å². The second kappa shape index (κ2) is 8.89. The van der Waals surface area contributed by atoms with Crippen molar-refractivity contribution in [2.24, 2.45) is 0 Å². The van der Waals surface area contributed by atoms with Crippen LogP contribution < -0.4 is 10.6 Å². The van der Waals surface area contributed by atoms with Gasteiger partial charge in [-0.05, 0) is 50.0 Å². The van der Waals surface area contributed by atoms with Gasteiger partial charge >= 0.3 is 11.8 Å². The Balaban J connectivity index is 1.66. The Morgan fingerprint density at radius 2 is 1.91 bits per heavy atom. The molecular weight excluding hydrogens is 314 g/mol. The molecule has 23 heavy (non-hydrogen) atoms. The Labute approximate surface area is 142 Å². The summed E-state index contributed by atoms with van der Waals surface area (Å²) >= 11 is 5.82. The lowest BCUT2D eigenvalue weighted by Gasteiger charge is -2.22. The molecule has 2 N–H and O–H groups in total. The summed E-state index contributed by atoms with van der Waals surface area (Å²) < 4.78 is 0. The Morgan fingerprint density at radius 1 is 1.22 bits per heavy atom. The van der Waals surface area contributed by atoms with Gasteiger partial charge in [0.05, 0.1) is 0 Å². The average molecular weight is 338 g/mol. The summed E-state index contributed by atoms with van der Waals surface area (Å²) in [5, 5.41) is 6.07. The summed E-state index contributed by atoms with van der Waals surface area (Å²) in [6.07, 6.45) is 2.90. The predicted molar refractivity (Wildman–Crippen MR) is 91.4 cm³/mol. The van der Waals surface area contributed by atoms with Crippen molar-refractivity contribution in [2.75, 3.05) is 26.2 Å². The van der Waals surface area contributed by atoms with Crippen LogP contribution >= 0.6 is 11.6 Å². The average Bonchev–Trinajstić information content (AvgIpc) is 3.01. The van der Waals surface area contributed by atoms with Crippen molar-refractivity contribution in [1.29, 1.82) is 0 Å². The lowest BCUT2D eigenvalue weighted by molar-refractivity contribution is -0.139. The summed E-state index contributed by atoms with van der Waals surface area (Å²) in [5.41, 5.74) is 1.07. The number of likely N-dealkylation sites (tertiary alicyclic amines) is 1. The largest absolute Gasteiger partial charge is 0.348 e. The number of carbonyl (C=O) groups is 2. The molecule has 2 rings (SSSR count). The van der Waals surface area contributed by atoms with Gasteiger partial charge in [0.2, 0.25) is 0 Å². The standard InChI is InChI=1S/C17H24ClN3O2/c1-2-21-11-3-4-15(21)12-20-17(23)16(22)19-10-9-13-5-7-14(18)8-6-13/h5-8,15H,2-4,9-12H2,1H3,(H,19,22)(H,20,23)/t15-/m0/s1. The maximum absolute atomic E-state index is 11.8. The molecule has 6 heteroatoms. The van der Waals surface area contributed by atoms with E-state index >= 15 is 0 Å². The van der Waals surface area contributed by atoms with Gasteiger partial charge in [-0.15, -0.1) is 0 Å². The third kappa shape index (κ3) is 5.52. The van der Waals surface area contributed by atoms with Crippen molar-refractivity contribution in [2.45, 2.75) is 32.2 Å². The topological polar surface area (TPSA) is 61.4 Å². The van der Waals surface area contributed by atoms with E-state index in [-0.39, 0.29) is 0 Å². The van der Waals surface area contributed by atoms with Gasteiger partial charge in [0.1, 0.15) is 0 Å². The minimum Gasteiger partial charge on any atom is -0.348 e. The summed E-state index contributed by atoms with van der Waals surface area (Å²) in [4.78, 5) is 25.9. The van der Waals surface area contributed by atoms with Gasteiger partial charge in [-0.3, -0.25) is 14.5 Å². The summed E-state index contributed by atoms with van der Waals surface area (Å²) in [7, 11) is 0. The van der Waals surface area contributed by atoms with Crippen LogP contribution in [0.1, 0.15) is 25.3 Å². The fourth-order valence-electron chi connectivity index (χ4n) is 2.89. The Bertz CT molecular complexity index is 533. The lowest BCUT2D eigenvalue weighted by Crippen LogP contribution is -2.45. The van der Waals surface area contributed by atoms with E-state index in [0.717, 1.165) is 31.5 Å². The molecule has 0 aromatic heterocycles. The third-order valence-electron chi connectivity index (χ3n) is 4.22. The number of carbonyl (C=O) groups excluding carboxylic acids is 2. The molecule has 0 saturated carbocycles. The van der Waals surface area contributed by atoms with Crippen LogP contribution in [0.25, 0.3) is 0 Å². The highest BCUT2D eigenvalue weighted by Crippen LogP contribution is 2.15. The van der Waals surface area contributed by atoms with Gasteiger partial charge in [-0.2, -0.15) is 0 Å². The third-order valence-corrected chi connectivity index (χ3v) is 4.47. The first-order valence-electron chi connectivity index (χ1n) is 8.14. The molecule has 1 aliphatic heterocycles. The smallest absolute Gasteiger partial charge is 0.309 e. The highest BCUT2D eigenvalue weighted by Gasteiger charge is 2.24. The second-order valence-electron chi connectivity index (χ2n) is 5.77. The Morgan fingerprint density at radius 3 is 2.61 bits per heavy atom. The summed E-state index contributed by atoms with van der Waals surface area (Å²) in [5.74, 6) is -1.12. The molecule has 1 fully saturated rings. The zero-order chi connectivity index (χ0) is 16.7. The van der Waals surface area contributed by atoms with Crippen molar-refractivity contribution in [3.05, 3.63) is 34.9 Å². The molecule has 126 valence electrons. The predicted octanol–water partition coefficient (Wildman–Crippen LogP) is 1.60. The molecule has 2 amide bonds. The van der Waals surface area contributed by atoms with E-state index in [1.54, 1.807) is 0 Å². The minimum absolute atomic E-state index is 0.353. The van der Waals surface area contributed by atoms with Crippen molar-refractivity contribution >= 4 is 23.4 Å². The number of halogens is 1. The molecule has 5 nitrogen and oxygen atoms in total. The molecule has 0 spiro atoms. The lowest BCUT2D eigenvalue weighted by atomic mass is 10.1.